The van der Waals surface area contributed by atoms with Gasteiger partial charge in [0.1, 0.15) is 6.54 Å². The first-order chi connectivity index (χ1) is 8.41. The van der Waals surface area contributed by atoms with E-state index in [2.05, 4.69) is 5.32 Å². The summed E-state index contributed by atoms with van der Waals surface area (Å²) in [6.45, 7) is 6.63. The molecular weight excluding hydrogens is 236 g/mol. The molecule has 2 unspecified atom stereocenters. The summed E-state index contributed by atoms with van der Waals surface area (Å²) >= 11 is 0. The van der Waals surface area contributed by atoms with Gasteiger partial charge in [0.2, 0.25) is 0 Å². The minimum absolute atomic E-state index is 0.00459. The van der Waals surface area contributed by atoms with Crippen molar-refractivity contribution in [2.24, 2.45) is 5.92 Å². The SMILES string of the molecule is CC(NC(=O)N(CC(=O)O)C(C)C)C1CCOC1. The molecule has 0 bridgehead atoms. The van der Waals surface area contributed by atoms with Gasteiger partial charge in [-0.15, -0.1) is 0 Å². The van der Waals surface area contributed by atoms with Gasteiger partial charge in [-0.1, -0.05) is 0 Å². The number of carbonyl (C=O) groups is 2. The van der Waals surface area contributed by atoms with Crippen LogP contribution in [0.2, 0.25) is 0 Å². The maximum atomic E-state index is 12.0. The number of nitrogens with zero attached hydrogens (tertiary/aromatic N) is 1. The Morgan fingerprint density at radius 3 is 2.56 bits per heavy atom. The summed E-state index contributed by atoms with van der Waals surface area (Å²) in [5, 5.41) is 11.6. The maximum Gasteiger partial charge on any atom is 0.323 e. The Balaban J connectivity index is 2.52. The fourth-order valence-corrected chi connectivity index (χ4v) is 1.98. The summed E-state index contributed by atoms with van der Waals surface area (Å²) in [7, 11) is 0. The van der Waals surface area contributed by atoms with E-state index < -0.39 is 5.97 Å². The minimum atomic E-state index is -1.00. The third-order valence-corrected chi connectivity index (χ3v) is 3.21. The molecule has 2 atom stereocenters. The predicted octanol–water partition coefficient (Wildman–Crippen LogP) is 0.916. The standard InChI is InChI=1S/C12H22N2O4/c1-8(2)14(6-11(15)16)12(17)13-9(3)10-4-5-18-7-10/h8-10H,4-7H2,1-3H3,(H,13,17)(H,15,16). The van der Waals surface area contributed by atoms with Crippen molar-refractivity contribution < 1.29 is 19.4 Å². The molecule has 2 N–H and O–H groups in total. The van der Waals surface area contributed by atoms with Crippen LogP contribution in [0.25, 0.3) is 0 Å². The zero-order chi connectivity index (χ0) is 13.7. The monoisotopic (exact) mass is 258 g/mol. The molecule has 1 aliphatic rings. The van der Waals surface area contributed by atoms with Crippen LogP contribution in [0.15, 0.2) is 0 Å². The quantitative estimate of drug-likeness (QED) is 0.768. The Labute approximate surface area is 107 Å². The van der Waals surface area contributed by atoms with E-state index in [0.717, 1.165) is 13.0 Å². The van der Waals surface area contributed by atoms with E-state index in [0.29, 0.717) is 12.5 Å². The zero-order valence-electron chi connectivity index (χ0n) is 11.2. The molecular formula is C12H22N2O4. The second-order valence-electron chi connectivity index (χ2n) is 4.98. The van der Waals surface area contributed by atoms with Crippen molar-refractivity contribution in [2.75, 3.05) is 19.8 Å². The first kappa shape index (κ1) is 14.8. The highest BCUT2D eigenvalue weighted by atomic mass is 16.5. The van der Waals surface area contributed by atoms with Gasteiger partial charge in [-0.2, -0.15) is 0 Å². The molecule has 1 heterocycles. The van der Waals surface area contributed by atoms with Crippen LogP contribution in [0.4, 0.5) is 4.79 Å². The van der Waals surface area contributed by atoms with Crippen molar-refractivity contribution >= 4 is 12.0 Å². The van der Waals surface area contributed by atoms with Gasteiger partial charge >= 0.3 is 12.0 Å². The van der Waals surface area contributed by atoms with E-state index in [9.17, 15) is 9.59 Å². The second kappa shape index (κ2) is 6.58. The maximum absolute atomic E-state index is 12.0. The summed E-state index contributed by atoms with van der Waals surface area (Å²) < 4.78 is 5.27. The van der Waals surface area contributed by atoms with Crippen molar-refractivity contribution in [1.29, 1.82) is 0 Å². The largest absolute Gasteiger partial charge is 0.480 e. The highest BCUT2D eigenvalue weighted by Gasteiger charge is 2.26. The molecule has 104 valence electrons. The van der Waals surface area contributed by atoms with Crippen LogP contribution in [0.5, 0.6) is 0 Å². The normalized spacial score (nSPS) is 20.8. The van der Waals surface area contributed by atoms with E-state index in [1.807, 2.05) is 6.92 Å². The molecule has 6 heteroatoms. The average Bonchev–Trinajstić information content (AvgIpc) is 2.78. The summed E-state index contributed by atoms with van der Waals surface area (Å²) in [6, 6.07) is -0.477. The number of rotatable bonds is 5. The fraction of sp³-hybridized carbons (Fsp3) is 0.833. The van der Waals surface area contributed by atoms with Crippen LogP contribution in [0.1, 0.15) is 27.2 Å². The van der Waals surface area contributed by atoms with E-state index >= 15 is 0 Å². The summed E-state index contributed by atoms with van der Waals surface area (Å²) in [5.74, 6) is -0.691. The highest BCUT2D eigenvalue weighted by Crippen LogP contribution is 2.16. The van der Waals surface area contributed by atoms with Crippen LogP contribution < -0.4 is 5.32 Å². The van der Waals surface area contributed by atoms with Crippen LogP contribution >= 0.6 is 0 Å². The molecule has 0 aromatic heterocycles. The van der Waals surface area contributed by atoms with Gasteiger partial charge in [-0.05, 0) is 27.2 Å². The smallest absolute Gasteiger partial charge is 0.323 e. The topological polar surface area (TPSA) is 78.9 Å². The van der Waals surface area contributed by atoms with E-state index in [1.54, 1.807) is 13.8 Å². The number of hydrogen-bond donors (Lipinski definition) is 2. The van der Waals surface area contributed by atoms with Crippen LogP contribution in [-0.4, -0.2) is 53.8 Å². The molecule has 18 heavy (non-hydrogen) atoms. The Bertz CT molecular complexity index is 300. The number of hydrogen-bond acceptors (Lipinski definition) is 3. The first-order valence-corrected chi connectivity index (χ1v) is 6.28. The first-order valence-electron chi connectivity index (χ1n) is 6.28. The average molecular weight is 258 g/mol. The highest BCUT2D eigenvalue weighted by molar-refractivity contribution is 5.80. The van der Waals surface area contributed by atoms with Crippen molar-refractivity contribution in [3.8, 4) is 0 Å². The molecule has 6 nitrogen and oxygen atoms in total. The molecule has 0 aromatic carbocycles. The molecule has 0 aromatic rings. The van der Waals surface area contributed by atoms with Crippen molar-refractivity contribution in [3.05, 3.63) is 0 Å². The lowest BCUT2D eigenvalue weighted by Crippen LogP contribution is -2.50. The zero-order valence-corrected chi connectivity index (χ0v) is 11.2. The van der Waals surface area contributed by atoms with E-state index in [-0.39, 0.29) is 24.7 Å². The van der Waals surface area contributed by atoms with Gasteiger partial charge < -0.3 is 20.1 Å². The van der Waals surface area contributed by atoms with Crippen molar-refractivity contribution in [2.45, 2.75) is 39.3 Å². The third-order valence-electron chi connectivity index (χ3n) is 3.21. The van der Waals surface area contributed by atoms with Gasteiger partial charge in [-0.25, -0.2) is 4.79 Å². The summed E-state index contributed by atoms with van der Waals surface area (Å²) in [6.07, 6.45) is 0.933. The predicted molar refractivity (Wildman–Crippen MR) is 66.4 cm³/mol. The number of aliphatic carboxylic acids is 1. The van der Waals surface area contributed by atoms with E-state index in [1.165, 1.54) is 4.90 Å². The van der Waals surface area contributed by atoms with Gasteiger partial charge in [0.25, 0.3) is 0 Å². The summed E-state index contributed by atoms with van der Waals surface area (Å²) in [4.78, 5) is 24.0. The van der Waals surface area contributed by atoms with Gasteiger partial charge in [0.15, 0.2) is 0 Å². The van der Waals surface area contributed by atoms with Crippen molar-refractivity contribution in [1.82, 2.24) is 10.2 Å². The Kier molecular flexibility index (Phi) is 5.40. The lowest BCUT2D eigenvalue weighted by atomic mass is 10.0. The molecule has 0 spiro atoms. The third kappa shape index (κ3) is 4.18. The van der Waals surface area contributed by atoms with Crippen molar-refractivity contribution in [3.63, 3.8) is 0 Å². The number of amides is 2. The Morgan fingerprint density at radius 1 is 1.44 bits per heavy atom. The summed E-state index contributed by atoms with van der Waals surface area (Å²) in [5.41, 5.74) is 0. The number of nitrogens with one attached hydrogen (secondary N) is 1. The minimum Gasteiger partial charge on any atom is -0.480 e. The van der Waals surface area contributed by atoms with Gasteiger partial charge in [0, 0.05) is 24.6 Å². The number of ether oxygens (including phenoxy) is 1. The Morgan fingerprint density at radius 2 is 2.11 bits per heavy atom. The lowest BCUT2D eigenvalue weighted by molar-refractivity contribution is -0.138. The molecule has 1 saturated heterocycles. The number of urea groups is 1. The van der Waals surface area contributed by atoms with Crippen LogP contribution in [0.3, 0.4) is 0 Å². The molecule has 2 amide bonds. The molecule has 1 fully saturated rings. The fourth-order valence-electron chi connectivity index (χ4n) is 1.98. The number of carboxylic acids is 1. The molecule has 1 aliphatic heterocycles. The lowest BCUT2D eigenvalue weighted by Gasteiger charge is -2.28. The molecule has 1 rings (SSSR count). The Hall–Kier alpha value is -1.30. The number of carbonyl (C=O) groups excluding carboxylic acids is 1. The van der Waals surface area contributed by atoms with Crippen LogP contribution in [-0.2, 0) is 9.53 Å². The van der Waals surface area contributed by atoms with Gasteiger partial charge in [-0.3, -0.25) is 4.79 Å². The molecule has 0 aliphatic carbocycles. The number of carboxylic acid groups (broad SMARTS) is 1. The second-order valence-corrected chi connectivity index (χ2v) is 4.98. The molecule has 0 saturated carbocycles. The van der Waals surface area contributed by atoms with Crippen LogP contribution in [0, 0.1) is 5.92 Å². The molecule has 0 radical (unpaired) electrons. The van der Waals surface area contributed by atoms with E-state index in [4.69, 9.17) is 9.84 Å². The van der Waals surface area contributed by atoms with Gasteiger partial charge in [0.05, 0.1) is 6.61 Å².